The number of aromatic nitrogens is 1. The normalized spacial score (nSPS) is 15.0. The van der Waals surface area contributed by atoms with E-state index in [0.717, 1.165) is 27.5 Å². The molecule has 0 amide bonds. The van der Waals surface area contributed by atoms with Gasteiger partial charge in [0.05, 0.1) is 0 Å². The van der Waals surface area contributed by atoms with Gasteiger partial charge in [-0.15, -0.1) is 11.8 Å². The van der Waals surface area contributed by atoms with E-state index in [-0.39, 0.29) is 26.5 Å². The first kappa shape index (κ1) is 25.5. The van der Waals surface area contributed by atoms with Crippen molar-refractivity contribution in [1.29, 1.82) is 0 Å². The van der Waals surface area contributed by atoms with Crippen LogP contribution in [-0.4, -0.2) is 15.9 Å². The van der Waals surface area contributed by atoms with Crippen molar-refractivity contribution in [3.63, 3.8) is 0 Å². The van der Waals surface area contributed by atoms with E-state index in [9.17, 15) is 0 Å². The number of rotatable bonds is 6. The molecule has 5 aromatic rings. The summed E-state index contributed by atoms with van der Waals surface area (Å²) in [6.45, 7) is 5.87. The summed E-state index contributed by atoms with van der Waals surface area (Å²) in [5.74, 6) is 1.03. The van der Waals surface area contributed by atoms with Crippen LogP contribution < -0.4 is 14.5 Å². The smallest absolute Gasteiger partial charge is 0.167 e. The molecule has 0 spiro atoms. The first-order valence-corrected chi connectivity index (χ1v) is 14.7. The number of hydrogen-bond donors (Lipinski definition) is 0. The Morgan fingerprint density at radius 3 is 2.46 bits per heavy atom. The summed E-state index contributed by atoms with van der Waals surface area (Å²) in [6, 6.07) is 32.0. The van der Waals surface area contributed by atoms with E-state index in [4.69, 9.17) is 8.85 Å². The predicted octanol–water partition coefficient (Wildman–Crippen LogP) is 8.38. The third-order valence-electron chi connectivity index (χ3n) is 6.88. The van der Waals surface area contributed by atoms with Gasteiger partial charge in [-0.25, -0.2) is 0 Å². The fraction of sp³-hybridized carbons (Fsp3) is 0.143. The second-order valence-electron chi connectivity index (χ2n) is 10.6. The first-order chi connectivity index (χ1) is 20.5. The number of benzene rings is 4. The molecule has 0 saturated carbocycles. The average Bonchev–Trinajstić information content (AvgIpc) is 3.51. The Bertz CT molecular complexity index is 1910. The molecule has 6 heteroatoms. The number of nitrogens with zero attached hydrogens (tertiary/aromatic N) is 3. The molecule has 0 fully saturated rings. The molecule has 0 radical (unpaired) electrons. The molecule has 2 heterocycles. The Kier molecular flexibility index (Phi) is 7.44. The number of para-hydroxylation sites is 3. The molecule has 0 saturated heterocycles. The van der Waals surface area contributed by atoms with Gasteiger partial charge in [-0.2, -0.15) is 12.7 Å². The molecule has 0 bridgehead atoms. The van der Waals surface area contributed by atoms with Crippen LogP contribution in [0.3, 0.4) is 0 Å². The molecule has 1 aromatic heterocycles. The fourth-order valence-electron chi connectivity index (χ4n) is 4.85. The summed E-state index contributed by atoms with van der Waals surface area (Å²) >= 11 is 1.40. The topological polar surface area (TPSA) is 20.6 Å². The summed E-state index contributed by atoms with van der Waals surface area (Å²) < 4.78 is 34.4. The van der Waals surface area contributed by atoms with Gasteiger partial charge < -0.3 is 9.80 Å². The molecule has 0 unspecified atom stereocenters. The number of ether oxygens (including phenoxy) is 1. The van der Waals surface area contributed by atoms with E-state index in [1.165, 1.54) is 29.8 Å². The van der Waals surface area contributed by atoms with Crippen molar-refractivity contribution in [2.45, 2.75) is 20.8 Å². The monoisotopic (exact) mass is 889 g/mol. The van der Waals surface area contributed by atoms with E-state index in [1.807, 2.05) is 70.1 Å². The van der Waals surface area contributed by atoms with Gasteiger partial charge >= 0.3 is 171 Å². The van der Waals surface area contributed by atoms with Gasteiger partial charge in [-0.1, -0.05) is 12.1 Å². The zero-order chi connectivity index (χ0) is 30.4. The predicted molar refractivity (Wildman–Crippen MR) is 162 cm³/mol. The van der Waals surface area contributed by atoms with Crippen molar-refractivity contribution >= 4 is 43.3 Å². The van der Waals surface area contributed by atoms with Crippen LogP contribution in [0.15, 0.2) is 96.6 Å². The zero-order valence-electron chi connectivity index (χ0n) is 25.8. The molecule has 0 atom stereocenters. The molecule has 1 aliphatic heterocycles. The van der Waals surface area contributed by atoms with Gasteiger partial charge in [0.2, 0.25) is 0 Å². The number of anilines is 3. The minimum atomic E-state index is -2.31. The third kappa shape index (κ3) is 5.78. The summed E-state index contributed by atoms with van der Waals surface area (Å²) in [4.78, 5) is 3.11. The van der Waals surface area contributed by atoms with Gasteiger partial charge in [-0.3, -0.25) is 0 Å². The number of hydrogen-bond acceptors (Lipinski definition) is 3. The SMILES string of the molecule is [2H]C([2H])([2H])N1[CH-]N(c2[c-]c(Oc3[c-]c4c(cc3)c3ccccc3n4[C-]=C/C(=C\[CH]=[W])C(C)(C)C)ccc2)c2ccccc21.[Pt]. The Morgan fingerprint density at radius 2 is 1.68 bits per heavy atom. The Morgan fingerprint density at radius 1 is 0.927 bits per heavy atom. The fourth-order valence-corrected chi connectivity index (χ4v) is 5.37. The average molecular weight is 890 g/mol. The molecular formula is C35H29N3OPtW-4. The second kappa shape index (κ2) is 12.0. The molecule has 210 valence electrons. The molecule has 4 aromatic carbocycles. The van der Waals surface area contributed by atoms with Gasteiger partial charge in [0.15, 0.2) is 0 Å². The third-order valence-corrected chi connectivity index (χ3v) is 7.37. The van der Waals surface area contributed by atoms with Crippen LogP contribution in [0, 0.1) is 30.4 Å². The maximum absolute atomic E-state index is 7.98. The molecule has 4 nitrogen and oxygen atoms in total. The van der Waals surface area contributed by atoms with Crippen molar-refractivity contribution in [2.75, 3.05) is 16.8 Å². The second-order valence-corrected chi connectivity index (χ2v) is 11.5. The molecule has 0 N–H and O–H groups in total. The quantitative estimate of drug-likeness (QED) is 0.126. The van der Waals surface area contributed by atoms with Crippen LogP contribution in [0.1, 0.15) is 24.9 Å². The van der Waals surface area contributed by atoms with Crippen LogP contribution >= 0.6 is 0 Å². The molecule has 1 aliphatic rings. The molecule has 41 heavy (non-hydrogen) atoms. The van der Waals surface area contributed by atoms with Crippen molar-refractivity contribution < 1.29 is 49.3 Å². The Hall–Kier alpha value is -3.19. The van der Waals surface area contributed by atoms with Crippen LogP contribution in [0.5, 0.6) is 11.5 Å². The standard InChI is InChI=1S/C35H29N3O.Pt.W/c1-6-25(35(2,3)4)20-21-37-31-15-8-7-14-29(31)30-19-18-28(23-34(30)37)39-27-13-11-12-26(22-27)38-24-36(5)32-16-9-10-17-33(32)38;;/h1,6-20,24H,2-5H3;;/q-4;;/b25-6+;;/i5D3;;. The maximum atomic E-state index is 7.98. The van der Waals surface area contributed by atoms with Crippen molar-refractivity contribution in [2.24, 2.45) is 5.41 Å². The Labute approximate surface area is 271 Å². The van der Waals surface area contributed by atoms with E-state index in [2.05, 4.69) is 67.8 Å². The van der Waals surface area contributed by atoms with Crippen LogP contribution in [0.25, 0.3) is 21.8 Å². The van der Waals surface area contributed by atoms with E-state index in [0.29, 0.717) is 22.9 Å². The van der Waals surface area contributed by atoms with E-state index in [1.54, 1.807) is 12.7 Å². The van der Waals surface area contributed by atoms with E-state index >= 15 is 0 Å². The van der Waals surface area contributed by atoms with Gasteiger partial charge in [0.1, 0.15) is 0 Å². The molecule has 6 rings (SSSR count). The summed E-state index contributed by atoms with van der Waals surface area (Å²) in [7, 11) is 0. The zero-order valence-corrected chi connectivity index (χ0v) is 28.0. The van der Waals surface area contributed by atoms with Gasteiger partial charge in [-0.05, 0) is 19.1 Å². The van der Waals surface area contributed by atoms with Crippen molar-refractivity contribution in [1.82, 2.24) is 4.57 Å². The van der Waals surface area contributed by atoms with Gasteiger partial charge in [0, 0.05) is 36.6 Å². The number of fused-ring (bicyclic) bond motifs is 4. The van der Waals surface area contributed by atoms with Crippen LogP contribution in [0.2, 0.25) is 0 Å². The summed E-state index contributed by atoms with van der Waals surface area (Å²) in [5.41, 5.74) is 5.10. The van der Waals surface area contributed by atoms with Crippen molar-refractivity contribution in [3.8, 4) is 11.5 Å². The van der Waals surface area contributed by atoms with Gasteiger partial charge in [0.25, 0.3) is 0 Å². The van der Waals surface area contributed by atoms with Crippen molar-refractivity contribution in [3.05, 3.63) is 122 Å². The van der Waals surface area contributed by atoms with Crippen LogP contribution in [0.4, 0.5) is 17.1 Å². The first-order valence-electron chi connectivity index (χ1n) is 14.5. The number of allylic oxidation sites excluding steroid dienone is 3. The Balaban J connectivity index is 0.00000384. The van der Waals surface area contributed by atoms with E-state index < -0.39 is 6.98 Å². The molecule has 0 aliphatic carbocycles. The summed E-state index contributed by atoms with van der Waals surface area (Å²) in [6.07, 6.45) is 7.73. The summed E-state index contributed by atoms with van der Waals surface area (Å²) in [5, 5.41) is 2.17. The minimum absolute atomic E-state index is 0. The minimum Gasteiger partial charge on any atom is -0.167 e. The van der Waals surface area contributed by atoms with Crippen LogP contribution in [-0.2, 0) is 40.4 Å². The molecular weight excluding hydrogens is 857 g/mol.